The van der Waals surface area contributed by atoms with Crippen molar-refractivity contribution in [1.82, 2.24) is 0 Å². The van der Waals surface area contributed by atoms with Gasteiger partial charge in [0, 0.05) is 19.7 Å². The summed E-state index contributed by atoms with van der Waals surface area (Å²) in [4.78, 5) is 0.165. The fraction of sp³-hybridized carbons (Fsp3) is 0.333. The van der Waals surface area contributed by atoms with Crippen LogP contribution in [0.3, 0.4) is 0 Å². The van der Waals surface area contributed by atoms with Crippen molar-refractivity contribution in [2.45, 2.75) is 37.4 Å². The van der Waals surface area contributed by atoms with Gasteiger partial charge in [-0.1, -0.05) is 59.2 Å². The van der Waals surface area contributed by atoms with Gasteiger partial charge in [0.25, 0.3) is 10.1 Å². The van der Waals surface area contributed by atoms with E-state index in [0.29, 0.717) is 12.6 Å². The van der Waals surface area contributed by atoms with Crippen molar-refractivity contribution in [3.63, 3.8) is 0 Å². The zero-order chi connectivity index (χ0) is 19.7. The number of hydrogen-bond donors (Lipinski definition) is 0. The number of allylic oxidation sites excluding steroid dienone is 1. The van der Waals surface area contributed by atoms with Gasteiger partial charge in [0.05, 0.1) is 13.0 Å². The molecule has 0 aliphatic carbocycles. The lowest BCUT2D eigenvalue weighted by Gasteiger charge is -2.42. The van der Waals surface area contributed by atoms with Crippen LogP contribution in [0.1, 0.15) is 31.4 Å². The minimum absolute atomic E-state index is 0.165. The van der Waals surface area contributed by atoms with E-state index in [-0.39, 0.29) is 4.90 Å². The Kier molecular flexibility index (Phi) is 5.87. The first kappa shape index (κ1) is 20.2. The van der Waals surface area contributed by atoms with E-state index < -0.39 is 23.6 Å². The lowest BCUT2D eigenvalue weighted by Crippen LogP contribution is -2.35. The molecular formula is C21H25O4PS. The summed E-state index contributed by atoms with van der Waals surface area (Å²) in [6, 6.07) is 16.3. The highest BCUT2D eigenvalue weighted by atomic mass is 32.2. The third-order valence-electron chi connectivity index (χ3n) is 5.02. The standard InChI is InChI=1S/C21H25O4PS/c1-16-10-12-20(13-11-16)27(22,23)25-21(19-8-6-5-7-9-19)14-17(2)18(3)15-26(21)24-4/h5-13H,14-15H2,1-4H3. The maximum atomic E-state index is 13.2. The molecule has 0 aromatic heterocycles. The van der Waals surface area contributed by atoms with Crippen molar-refractivity contribution in [3.8, 4) is 0 Å². The molecule has 0 saturated carbocycles. The predicted octanol–water partition coefficient (Wildman–Crippen LogP) is 5.34. The molecule has 2 atom stereocenters. The van der Waals surface area contributed by atoms with Gasteiger partial charge in [-0.2, -0.15) is 8.42 Å². The van der Waals surface area contributed by atoms with E-state index >= 15 is 0 Å². The summed E-state index contributed by atoms with van der Waals surface area (Å²) in [5, 5.41) is -1.03. The summed E-state index contributed by atoms with van der Waals surface area (Å²) >= 11 is 0. The lowest BCUT2D eigenvalue weighted by molar-refractivity contribution is 0.151. The second-order valence-corrected chi connectivity index (χ2v) is 10.7. The molecular weight excluding hydrogens is 379 g/mol. The second-order valence-electron chi connectivity index (χ2n) is 6.96. The molecule has 2 aromatic carbocycles. The molecule has 2 aromatic rings. The van der Waals surface area contributed by atoms with Crippen molar-refractivity contribution >= 4 is 18.3 Å². The minimum atomic E-state index is -3.95. The number of benzene rings is 2. The van der Waals surface area contributed by atoms with Crippen LogP contribution in [0, 0.1) is 6.92 Å². The van der Waals surface area contributed by atoms with Gasteiger partial charge in [0.2, 0.25) is 0 Å². The van der Waals surface area contributed by atoms with Crippen LogP contribution in [-0.2, 0) is 24.2 Å². The van der Waals surface area contributed by atoms with Gasteiger partial charge in [-0.3, -0.25) is 0 Å². The third-order valence-corrected chi connectivity index (χ3v) is 9.01. The van der Waals surface area contributed by atoms with Crippen LogP contribution >= 0.6 is 8.15 Å². The zero-order valence-electron chi connectivity index (χ0n) is 16.1. The largest absolute Gasteiger partial charge is 0.359 e. The van der Waals surface area contributed by atoms with Crippen LogP contribution in [0.4, 0.5) is 0 Å². The van der Waals surface area contributed by atoms with Crippen LogP contribution in [0.25, 0.3) is 0 Å². The van der Waals surface area contributed by atoms with Crippen LogP contribution in [0.2, 0.25) is 0 Å². The third kappa shape index (κ3) is 4.02. The Labute approximate surface area is 163 Å². The smallest absolute Gasteiger partial charge is 0.298 e. The highest BCUT2D eigenvalue weighted by Crippen LogP contribution is 2.64. The molecule has 6 heteroatoms. The van der Waals surface area contributed by atoms with Crippen LogP contribution in [0.15, 0.2) is 70.6 Å². The highest BCUT2D eigenvalue weighted by molar-refractivity contribution is 7.87. The Morgan fingerprint density at radius 1 is 0.926 bits per heavy atom. The SMILES string of the molecule is COP1CC(C)=C(C)CC1(OS(=O)(=O)c1ccc(C)cc1)c1ccccc1. The van der Waals surface area contributed by atoms with Crippen molar-refractivity contribution in [2.75, 3.05) is 13.3 Å². The molecule has 144 valence electrons. The maximum absolute atomic E-state index is 13.2. The normalized spacial score (nSPS) is 23.5. The topological polar surface area (TPSA) is 52.6 Å². The monoisotopic (exact) mass is 404 g/mol. The van der Waals surface area contributed by atoms with Gasteiger partial charge in [0.15, 0.2) is 5.34 Å². The van der Waals surface area contributed by atoms with Gasteiger partial charge in [-0.15, -0.1) is 0 Å². The minimum Gasteiger partial charge on any atom is -0.359 e. The van der Waals surface area contributed by atoms with E-state index in [1.165, 1.54) is 5.57 Å². The summed E-state index contributed by atoms with van der Waals surface area (Å²) in [5.41, 5.74) is 4.22. The van der Waals surface area contributed by atoms with Crippen molar-refractivity contribution in [2.24, 2.45) is 0 Å². The Bertz CT molecular complexity index is 936. The fourth-order valence-corrected chi connectivity index (χ4v) is 7.23. The van der Waals surface area contributed by atoms with Crippen LogP contribution < -0.4 is 0 Å². The Morgan fingerprint density at radius 2 is 1.56 bits per heavy atom. The van der Waals surface area contributed by atoms with Crippen molar-refractivity contribution in [1.29, 1.82) is 0 Å². The molecule has 2 unspecified atom stereocenters. The highest BCUT2D eigenvalue weighted by Gasteiger charge is 2.49. The van der Waals surface area contributed by atoms with E-state index in [1.54, 1.807) is 31.4 Å². The van der Waals surface area contributed by atoms with Gasteiger partial charge < -0.3 is 4.52 Å². The van der Waals surface area contributed by atoms with Crippen LogP contribution in [-0.4, -0.2) is 21.7 Å². The Hall–Kier alpha value is -1.52. The molecule has 0 radical (unpaired) electrons. The molecule has 0 saturated heterocycles. The first-order valence-electron chi connectivity index (χ1n) is 8.83. The van der Waals surface area contributed by atoms with E-state index in [0.717, 1.165) is 16.7 Å². The number of aryl methyl sites for hydroxylation is 1. The first-order valence-corrected chi connectivity index (χ1v) is 11.7. The molecule has 1 aliphatic rings. The van der Waals surface area contributed by atoms with Crippen molar-refractivity contribution < 1.29 is 17.1 Å². The molecule has 3 rings (SSSR count). The average Bonchev–Trinajstić information content (AvgIpc) is 2.65. The number of hydrogen-bond acceptors (Lipinski definition) is 4. The molecule has 0 amide bonds. The van der Waals surface area contributed by atoms with Gasteiger partial charge >= 0.3 is 0 Å². The molecule has 4 nitrogen and oxygen atoms in total. The summed E-state index contributed by atoms with van der Waals surface area (Å²) in [6.45, 7) is 6.04. The molecule has 0 fully saturated rings. The molecule has 1 aliphatic heterocycles. The molecule has 0 bridgehead atoms. The Morgan fingerprint density at radius 3 is 2.15 bits per heavy atom. The van der Waals surface area contributed by atoms with Crippen molar-refractivity contribution in [3.05, 3.63) is 76.9 Å². The second kappa shape index (κ2) is 7.84. The van der Waals surface area contributed by atoms with Gasteiger partial charge in [-0.25, -0.2) is 4.18 Å². The maximum Gasteiger partial charge on any atom is 0.298 e. The van der Waals surface area contributed by atoms with E-state index in [1.807, 2.05) is 44.2 Å². The first-order chi connectivity index (χ1) is 12.8. The molecule has 27 heavy (non-hydrogen) atoms. The fourth-order valence-electron chi connectivity index (χ4n) is 3.29. The number of rotatable bonds is 5. The summed E-state index contributed by atoms with van der Waals surface area (Å²) < 4.78 is 38.2. The summed E-state index contributed by atoms with van der Waals surface area (Å²) in [6.07, 6.45) is 1.18. The summed E-state index contributed by atoms with van der Waals surface area (Å²) in [5.74, 6) is 0. The summed E-state index contributed by atoms with van der Waals surface area (Å²) in [7, 11) is -3.50. The molecule has 1 heterocycles. The van der Waals surface area contributed by atoms with Gasteiger partial charge in [-0.05, 0) is 38.5 Å². The predicted molar refractivity (Wildman–Crippen MR) is 109 cm³/mol. The van der Waals surface area contributed by atoms with E-state index in [4.69, 9.17) is 8.71 Å². The molecule has 0 N–H and O–H groups in total. The Balaban J connectivity index is 2.12. The zero-order valence-corrected chi connectivity index (χ0v) is 17.8. The molecule has 0 spiro atoms. The quantitative estimate of drug-likeness (QED) is 0.384. The average molecular weight is 404 g/mol. The van der Waals surface area contributed by atoms with E-state index in [2.05, 4.69) is 6.92 Å². The lowest BCUT2D eigenvalue weighted by atomic mass is 9.98. The van der Waals surface area contributed by atoms with Crippen LogP contribution in [0.5, 0.6) is 0 Å². The van der Waals surface area contributed by atoms with E-state index in [9.17, 15) is 8.42 Å². The van der Waals surface area contributed by atoms with Gasteiger partial charge in [0.1, 0.15) is 0 Å².